The molecule has 0 bridgehead atoms. The lowest BCUT2D eigenvalue weighted by molar-refractivity contribution is 0.600. The molecule has 0 atom stereocenters. The minimum absolute atomic E-state index is 0.273. The van der Waals surface area contributed by atoms with Gasteiger partial charge in [0.05, 0.1) is 33.9 Å². The maximum atomic E-state index is 12.3. The second-order valence-electron chi connectivity index (χ2n) is 7.27. The first-order chi connectivity index (χ1) is 13.9. The smallest absolute Gasteiger partial charge is 0.235 e. The molecule has 1 fully saturated rings. The number of aromatic nitrogens is 4. The number of benzene rings is 2. The fourth-order valence-electron chi connectivity index (χ4n) is 3.37. The fraction of sp³-hybridized carbons (Fsp3) is 0.200. The van der Waals surface area contributed by atoms with Crippen LogP contribution in [0.15, 0.2) is 59.6 Å². The second kappa shape index (κ2) is 6.70. The Hall–Kier alpha value is -2.65. The van der Waals surface area contributed by atoms with Crippen LogP contribution in [0.3, 0.4) is 0 Å². The van der Waals surface area contributed by atoms with Gasteiger partial charge in [-0.05, 0) is 48.7 Å². The van der Waals surface area contributed by atoms with Crippen LogP contribution in [-0.4, -0.2) is 33.0 Å². The Morgan fingerprint density at radius 1 is 1.14 bits per heavy atom. The van der Waals surface area contributed by atoms with Gasteiger partial charge in [0.25, 0.3) is 0 Å². The molecule has 0 saturated heterocycles. The van der Waals surface area contributed by atoms with E-state index in [0.717, 1.165) is 45.2 Å². The van der Waals surface area contributed by atoms with E-state index in [1.807, 2.05) is 54.3 Å². The number of imidazole rings is 1. The third-order valence-electron chi connectivity index (χ3n) is 4.97. The summed E-state index contributed by atoms with van der Waals surface area (Å²) in [4.78, 5) is 4.54. The number of nitrogens with one attached hydrogen (secondary N) is 1. The summed E-state index contributed by atoms with van der Waals surface area (Å²) in [6.07, 6.45) is 6.98. The topological polar surface area (TPSA) is 81.8 Å². The summed E-state index contributed by atoms with van der Waals surface area (Å²) in [5.74, 6) is 0. The van der Waals surface area contributed by atoms with Gasteiger partial charge in [-0.2, -0.15) is 5.10 Å². The lowest BCUT2D eigenvalue weighted by Crippen LogP contribution is -2.17. The molecular weight excluding hydrogens is 454 g/mol. The van der Waals surface area contributed by atoms with Crippen molar-refractivity contribution in [2.75, 3.05) is 4.72 Å². The summed E-state index contributed by atoms with van der Waals surface area (Å²) in [6.45, 7) is 0. The number of halogens is 1. The van der Waals surface area contributed by atoms with Crippen molar-refractivity contribution >= 4 is 42.7 Å². The first-order valence-corrected chi connectivity index (χ1v) is 11.5. The molecule has 0 amide bonds. The first kappa shape index (κ1) is 18.4. The molecule has 0 aliphatic heterocycles. The molecule has 1 aliphatic carbocycles. The van der Waals surface area contributed by atoms with Gasteiger partial charge < -0.3 is 0 Å². The molecule has 2 heterocycles. The molecule has 0 spiro atoms. The van der Waals surface area contributed by atoms with Crippen molar-refractivity contribution in [2.24, 2.45) is 7.05 Å². The number of fused-ring (bicyclic) bond motifs is 1. The molecule has 9 heteroatoms. The number of nitrogens with zero attached hydrogens (tertiary/aromatic N) is 4. The van der Waals surface area contributed by atoms with Crippen LogP contribution >= 0.6 is 15.9 Å². The molecule has 1 N–H and O–H groups in total. The SMILES string of the molecule is Cn1cc(-c2ccc3c(c2)ncn3-c2cc(Br)cc(NS(=O)(=O)C3CC3)c2)cn1. The van der Waals surface area contributed by atoms with Crippen LogP contribution in [0.25, 0.3) is 27.8 Å². The van der Waals surface area contributed by atoms with E-state index in [2.05, 4.69) is 30.7 Å². The Morgan fingerprint density at radius 2 is 1.97 bits per heavy atom. The largest absolute Gasteiger partial charge is 0.299 e. The van der Waals surface area contributed by atoms with Crippen LogP contribution in [0.1, 0.15) is 12.8 Å². The third-order valence-corrected chi connectivity index (χ3v) is 7.30. The van der Waals surface area contributed by atoms with Gasteiger partial charge >= 0.3 is 0 Å². The molecule has 0 radical (unpaired) electrons. The van der Waals surface area contributed by atoms with Crippen molar-refractivity contribution in [3.63, 3.8) is 0 Å². The van der Waals surface area contributed by atoms with Gasteiger partial charge in [0.2, 0.25) is 10.0 Å². The average Bonchev–Trinajstić information content (AvgIpc) is 3.32. The second-order valence-corrected chi connectivity index (χ2v) is 10.1. The zero-order valence-electron chi connectivity index (χ0n) is 15.6. The van der Waals surface area contributed by atoms with Crippen molar-refractivity contribution in [3.05, 3.63) is 59.6 Å². The Kier molecular flexibility index (Phi) is 4.25. The number of hydrogen-bond donors (Lipinski definition) is 1. The molecular formula is C20H18BrN5O2S. The molecule has 29 heavy (non-hydrogen) atoms. The third kappa shape index (κ3) is 3.56. The maximum Gasteiger partial charge on any atom is 0.235 e. The monoisotopic (exact) mass is 471 g/mol. The molecule has 5 rings (SSSR count). The zero-order chi connectivity index (χ0) is 20.2. The van der Waals surface area contributed by atoms with E-state index in [0.29, 0.717) is 5.69 Å². The Balaban J connectivity index is 1.53. The van der Waals surface area contributed by atoms with Crippen LogP contribution in [-0.2, 0) is 17.1 Å². The molecule has 2 aromatic carbocycles. The van der Waals surface area contributed by atoms with Crippen molar-refractivity contribution in [1.82, 2.24) is 19.3 Å². The van der Waals surface area contributed by atoms with Crippen molar-refractivity contribution in [2.45, 2.75) is 18.1 Å². The van der Waals surface area contributed by atoms with Crippen LogP contribution in [0.5, 0.6) is 0 Å². The van der Waals surface area contributed by atoms with Crippen LogP contribution in [0.4, 0.5) is 5.69 Å². The summed E-state index contributed by atoms with van der Waals surface area (Å²) >= 11 is 3.49. The maximum absolute atomic E-state index is 12.3. The fourth-order valence-corrected chi connectivity index (χ4v) is 5.22. The Bertz CT molecular complexity index is 1340. The molecule has 7 nitrogen and oxygen atoms in total. The highest BCUT2D eigenvalue weighted by Gasteiger charge is 2.35. The standard InChI is InChI=1S/C20H18BrN5O2S/c1-25-11-14(10-23-25)13-2-5-20-19(6-13)22-12-26(20)17-8-15(21)7-16(9-17)24-29(27,28)18-3-4-18/h2,5-12,18,24H,3-4H2,1H3. The van der Waals surface area contributed by atoms with E-state index in [1.165, 1.54) is 0 Å². The highest BCUT2D eigenvalue weighted by molar-refractivity contribution is 9.10. The van der Waals surface area contributed by atoms with Gasteiger partial charge in [0.1, 0.15) is 6.33 Å². The van der Waals surface area contributed by atoms with Crippen molar-refractivity contribution < 1.29 is 8.42 Å². The predicted octanol–water partition coefficient (Wildman–Crippen LogP) is 4.09. The highest BCUT2D eigenvalue weighted by atomic mass is 79.9. The minimum Gasteiger partial charge on any atom is -0.299 e. The summed E-state index contributed by atoms with van der Waals surface area (Å²) in [6, 6.07) is 11.6. The minimum atomic E-state index is -3.32. The summed E-state index contributed by atoms with van der Waals surface area (Å²) in [5, 5.41) is 3.95. The van der Waals surface area contributed by atoms with Gasteiger partial charge in [-0.25, -0.2) is 13.4 Å². The van der Waals surface area contributed by atoms with E-state index in [1.54, 1.807) is 17.1 Å². The Labute approximate surface area is 176 Å². The molecule has 1 saturated carbocycles. The lowest BCUT2D eigenvalue weighted by Gasteiger charge is -2.11. The summed E-state index contributed by atoms with van der Waals surface area (Å²) in [7, 11) is -1.43. The molecule has 148 valence electrons. The van der Waals surface area contributed by atoms with Gasteiger partial charge in [-0.3, -0.25) is 14.0 Å². The normalized spacial score (nSPS) is 14.4. The number of anilines is 1. The van der Waals surface area contributed by atoms with Gasteiger partial charge in [0, 0.05) is 23.3 Å². The van der Waals surface area contributed by atoms with E-state index in [-0.39, 0.29) is 5.25 Å². The van der Waals surface area contributed by atoms with Crippen molar-refractivity contribution in [1.29, 1.82) is 0 Å². The van der Waals surface area contributed by atoms with E-state index >= 15 is 0 Å². The number of sulfonamides is 1. The van der Waals surface area contributed by atoms with Gasteiger partial charge in [-0.1, -0.05) is 22.0 Å². The van der Waals surface area contributed by atoms with Gasteiger partial charge in [0.15, 0.2) is 0 Å². The number of hydrogen-bond acceptors (Lipinski definition) is 4. The molecule has 0 unspecified atom stereocenters. The van der Waals surface area contributed by atoms with Crippen LogP contribution in [0.2, 0.25) is 0 Å². The molecule has 1 aliphatic rings. The summed E-state index contributed by atoms with van der Waals surface area (Å²) in [5.41, 5.74) is 5.23. The van der Waals surface area contributed by atoms with Crippen LogP contribution < -0.4 is 4.72 Å². The van der Waals surface area contributed by atoms with E-state index < -0.39 is 10.0 Å². The van der Waals surface area contributed by atoms with Crippen LogP contribution in [0, 0.1) is 0 Å². The van der Waals surface area contributed by atoms with E-state index in [4.69, 9.17) is 0 Å². The number of aryl methyl sites for hydroxylation is 1. The predicted molar refractivity (Wildman–Crippen MR) is 117 cm³/mol. The first-order valence-electron chi connectivity index (χ1n) is 9.18. The highest BCUT2D eigenvalue weighted by Crippen LogP contribution is 2.32. The van der Waals surface area contributed by atoms with Gasteiger partial charge in [-0.15, -0.1) is 0 Å². The lowest BCUT2D eigenvalue weighted by atomic mass is 10.1. The van der Waals surface area contributed by atoms with E-state index in [9.17, 15) is 8.42 Å². The molecule has 2 aromatic heterocycles. The van der Waals surface area contributed by atoms with Crippen molar-refractivity contribution in [3.8, 4) is 16.8 Å². The molecule has 4 aromatic rings. The quantitative estimate of drug-likeness (QED) is 0.475. The number of rotatable bonds is 5. The zero-order valence-corrected chi connectivity index (χ0v) is 18.0. The Morgan fingerprint density at radius 3 is 2.69 bits per heavy atom. The average molecular weight is 472 g/mol. The summed E-state index contributed by atoms with van der Waals surface area (Å²) < 4.78 is 31.8.